The van der Waals surface area contributed by atoms with Crippen LogP contribution in [-0.4, -0.2) is 23.6 Å². The lowest BCUT2D eigenvalue weighted by molar-refractivity contribution is -0.130. The highest BCUT2D eigenvalue weighted by molar-refractivity contribution is 7.11. The van der Waals surface area contributed by atoms with Crippen LogP contribution in [0, 0.1) is 0 Å². The van der Waals surface area contributed by atoms with Gasteiger partial charge in [0.25, 0.3) is 5.91 Å². The Bertz CT molecular complexity index is 659. The summed E-state index contributed by atoms with van der Waals surface area (Å²) < 4.78 is 5.14. The number of carboxylic acid groups (broad SMARTS) is 1. The molecule has 5 nitrogen and oxygen atoms in total. The van der Waals surface area contributed by atoms with E-state index in [1.165, 1.54) is 11.3 Å². The number of benzene rings is 1. The van der Waals surface area contributed by atoms with Crippen molar-refractivity contribution < 1.29 is 19.4 Å². The van der Waals surface area contributed by atoms with Gasteiger partial charge in [0.2, 0.25) is 0 Å². The van der Waals surface area contributed by atoms with Crippen LogP contribution >= 0.6 is 11.3 Å². The average Bonchev–Trinajstić information content (AvgIpc) is 2.97. The third-order valence-electron chi connectivity index (χ3n) is 2.59. The summed E-state index contributed by atoms with van der Waals surface area (Å²) in [6, 6.07) is 10.3. The van der Waals surface area contributed by atoms with Crippen LogP contribution in [0.5, 0.6) is 5.75 Å². The van der Waals surface area contributed by atoms with Crippen LogP contribution in [0.1, 0.15) is 10.4 Å². The second-order valence-corrected chi connectivity index (χ2v) is 5.11. The van der Waals surface area contributed by atoms with E-state index < -0.39 is 11.9 Å². The quantitative estimate of drug-likeness (QED) is 0.801. The number of aliphatic carboxylic acids is 1. The van der Waals surface area contributed by atoms with Gasteiger partial charge >= 0.3 is 5.97 Å². The van der Waals surface area contributed by atoms with E-state index in [2.05, 4.69) is 0 Å². The minimum Gasteiger partial charge on any atom is -0.484 e. The number of primary amides is 1. The van der Waals surface area contributed by atoms with Crippen molar-refractivity contribution in [3.63, 3.8) is 0 Å². The molecule has 0 aliphatic heterocycles. The third kappa shape index (κ3) is 4.19. The molecule has 0 unspecified atom stereocenters. The molecule has 0 bridgehead atoms. The molecular formula is C15H13NO4S. The number of carbonyl (C=O) groups is 2. The number of hydrogen-bond acceptors (Lipinski definition) is 4. The van der Waals surface area contributed by atoms with E-state index in [1.54, 1.807) is 42.5 Å². The van der Waals surface area contributed by atoms with Crippen LogP contribution in [-0.2, 0) is 9.59 Å². The molecule has 1 aromatic carbocycles. The number of amides is 1. The zero-order valence-electron chi connectivity index (χ0n) is 11.0. The van der Waals surface area contributed by atoms with Crippen LogP contribution in [0.4, 0.5) is 0 Å². The number of carboxylic acids is 1. The topological polar surface area (TPSA) is 89.6 Å². The molecule has 3 N–H and O–H groups in total. The molecule has 108 valence electrons. The summed E-state index contributed by atoms with van der Waals surface area (Å²) >= 11 is 1.37. The van der Waals surface area contributed by atoms with Gasteiger partial charge in [-0.3, -0.25) is 4.79 Å². The van der Waals surface area contributed by atoms with Gasteiger partial charge in [-0.15, -0.1) is 11.3 Å². The van der Waals surface area contributed by atoms with Crippen LogP contribution in [0.25, 0.3) is 11.6 Å². The molecule has 1 heterocycles. The Morgan fingerprint density at radius 1 is 1.24 bits per heavy atom. The van der Waals surface area contributed by atoms with Crippen LogP contribution in [0.15, 0.2) is 41.8 Å². The van der Waals surface area contributed by atoms with Gasteiger partial charge in [0, 0.05) is 4.88 Å². The van der Waals surface area contributed by atoms with Crippen molar-refractivity contribution in [2.75, 3.05) is 6.61 Å². The van der Waals surface area contributed by atoms with E-state index in [-0.39, 0.29) is 12.2 Å². The maximum absolute atomic E-state index is 11.3. The number of carbonyl (C=O) groups excluding carboxylic acids is 1. The summed E-state index contributed by atoms with van der Waals surface area (Å²) in [6.07, 6.45) is 1.59. The molecule has 0 spiro atoms. The molecule has 0 aliphatic rings. The molecule has 1 amide bonds. The molecule has 0 saturated heterocycles. The molecule has 0 aliphatic carbocycles. The molecule has 0 atom stereocenters. The van der Waals surface area contributed by atoms with Gasteiger partial charge in [0.05, 0.1) is 5.57 Å². The highest BCUT2D eigenvalue weighted by atomic mass is 32.1. The van der Waals surface area contributed by atoms with Crippen LogP contribution in [0.3, 0.4) is 0 Å². The highest BCUT2D eigenvalue weighted by Gasteiger charge is 2.11. The van der Waals surface area contributed by atoms with Crippen molar-refractivity contribution in [1.29, 1.82) is 0 Å². The van der Waals surface area contributed by atoms with E-state index >= 15 is 0 Å². The van der Waals surface area contributed by atoms with Crippen molar-refractivity contribution >= 4 is 34.9 Å². The van der Waals surface area contributed by atoms with E-state index in [9.17, 15) is 14.7 Å². The van der Waals surface area contributed by atoms with E-state index in [0.717, 1.165) is 5.56 Å². The fourth-order valence-corrected chi connectivity index (χ4v) is 2.39. The van der Waals surface area contributed by atoms with Crippen LogP contribution in [0.2, 0.25) is 0 Å². The van der Waals surface area contributed by atoms with Gasteiger partial charge in [-0.25, -0.2) is 4.79 Å². The van der Waals surface area contributed by atoms with E-state index in [1.807, 2.05) is 5.38 Å². The monoisotopic (exact) mass is 303 g/mol. The Balaban J connectivity index is 2.19. The Morgan fingerprint density at radius 2 is 1.95 bits per heavy atom. The van der Waals surface area contributed by atoms with Gasteiger partial charge in [0.15, 0.2) is 6.61 Å². The smallest absolute Gasteiger partial charge is 0.337 e. The van der Waals surface area contributed by atoms with Crippen molar-refractivity contribution in [1.82, 2.24) is 0 Å². The van der Waals surface area contributed by atoms with Crippen molar-refractivity contribution in [2.45, 2.75) is 0 Å². The Kier molecular flexibility index (Phi) is 4.73. The highest BCUT2D eigenvalue weighted by Crippen LogP contribution is 2.24. The molecule has 2 aromatic rings. The fraction of sp³-hybridized carbons (Fsp3) is 0.0667. The van der Waals surface area contributed by atoms with E-state index in [4.69, 9.17) is 10.5 Å². The average molecular weight is 303 g/mol. The lowest BCUT2D eigenvalue weighted by Crippen LogP contribution is -2.19. The summed E-state index contributed by atoms with van der Waals surface area (Å²) in [4.78, 5) is 22.6. The number of hydrogen-bond donors (Lipinski definition) is 2. The van der Waals surface area contributed by atoms with Crippen molar-refractivity contribution in [2.24, 2.45) is 5.73 Å². The number of rotatable bonds is 6. The molecule has 0 fully saturated rings. The van der Waals surface area contributed by atoms with Gasteiger partial charge in [-0.05, 0) is 35.2 Å². The number of nitrogens with two attached hydrogens (primary N) is 1. The Labute approximate surface area is 125 Å². The minimum absolute atomic E-state index is 0.190. The first-order valence-electron chi connectivity index (χ1n) is 6.06. The predicted molar refractivity (Wildman–Crippen MR) is 81.0 cm³/mol. The second-order valence-electron chi connectivity index (χ2n) is 4.16. The molecular weight excluding hydrogens is 290 g/mol. The minimum atomic E-state index is -0.980. The normalized spacial score (nSPS) is 11.1. The summed E-state index contributed by atoms with van der Waals surface area (Å²) in [5.41, 5.74) is 5.95. The molecule has 1 aromatic heterocycles. The van der Waals surface area contributed by atoms with Gasteiger partial charge in [-0.2, -0.15) is 0 Å². The molecule has 2 rings (SSSR count). The largest absolute Gasteiger partial charge is 0.484 e. The van der Waals surface area contributed by atoms with Crippen molar-refractivity contribution in [3.8, 4) is 5.75 Å². The Morgan fingerprint density at radius 3 is 2.48 bits per heavy atom. The maximum atomic E-state index is 11.3. The van der Waals surface area contributed by atoms with Gasteiger partial charge < -0.3 is 15.6 Å². The third-order valence-corrected chi connectivity index (χ3v) is 3.49. The first kappa shape index (κ1) is 14.8. The summed E-state index contributed by atoms with van der Waals surface area (Å²) in [5.74, 6) is -1.03. The molecule has 0 saturated carbocycles. The van der Waals surface area contributed by atoms with E-state index in [0.29, 0.717) is 10.6 Å². The molecule has 0 radical (unpaired) electrons. The Hall–Kier alpha value is -2.60. The van der Waals surface area contributed by atoms with Gasteiger partial charge in [0.1, 0.15) is 5.75 Å². The summed E-state index contributed by atoms with van der Waals surface area (Å²) in [5, 5.41) is 11.1. The zero-order valence-corrected chi connectivity index (χ0v) is 11.8. The lowest BCUT2D eigenvalue weighted by Gasteiger charge is -2.04. The van der Waals surface area contributed by atoms with Crippen LogP contribution < -0.4 is 10.5 Å². The maximum Gasteiger partial charge on any atom is 0.337 e. The number of thiophene rings is 1. The summed E-state index contributed by atoms with van der Waals surface area (Å²) in [6.45, 7) is -0.190. The lowest BCUT2D eigenvalue weighted by atomic mass is 10.1. The van der Waals surface area contributed by atoms with Crippen molar-refractivity contribution in [3.05, 3.63) is 52.2 Å². The molecule has 21 heavy (non-hydrogen) atoms. The predicted octanol–water partition coefficient (Wildman–Crippen LogP) is 2.24. The SMILES string of the molecule is NC(=O)COc1ccc(/C=C(\C(=O)O)c2cccs2)cc1. The summed E-state index contributed by atoms with van der Waals surface area (Å²) in [7, 11) is 0. The first-order chi connectivity index (χ1) is 10.1. The zero-order chi connectivity index (χ0) is 15.2. The molecule has 6 heteroatoms. The number of ether oxygens (including phenoxy) is 1. The van der Waals surface area contributed by atoms with Gasteiger partial charge in [-0.1, -0.05) is 18.2 Å². The standard InChI is InChI=1S/C15H13NO4S/c16-14(17)9-20-11-5-3-10(4-6-11)8-12(15(18)19)13-2-1-7-21-13/h1-8H,9H2,(H2,16,17)(H,18,19)/b12-8-. The second kappa shape index (κ2) is 6.71. The fourth-order valence-electron chi connectivity index (χ4n) is 1.65. The first-order valence-corrected chi connectivity index (χ1v) is 6.94.